The second-order valence-electron chi connectivity index (χ2n) is 7.33. The molecular formula is C22H27NO3. The molecule has 3 rings (SSSR count). The lowest BCUT2D eigenvalue weighted by Gasteiger charge is -2.28. The number of fused-ring (bicyclic) bond motifs is 1. The molecule has 1 amide bonds. The molecule has 0 aliphatic carbocycles. The molecule has 1 aliphatic heterocycles. The molecule has 0 radical (unpaired) electrons. The molecule has 0 spiro atoms. The zero-order valence-corrected chi connectivity index (χ0v) is 15.7. The van der Waals surface area contributed by atoms with E-state index in [1.807, 2.05) is 55.5 Å². The molecule has 1 heterocycles. The summed E-state index contributed by atoms with van der Waals surface area (Å²) < 4.78 is 11.3. The second kappa shape index (κ2) is 7.81. The van der Waals surface area contributed by atoms with Crippen molar-refractivity contribution >= 4 is 5.91 Å². The molecule has 1 aliphatic rings. The second-order valence-corrected chi connectivity index (χ2v) is 7.33. The highest BCUT2D eigenvalue weighted by atomic mass is 16.6. The number of hydrogen-bond acceptors (Lipinski definition) is 3. The van der Waals surface area contributed by atoms with Gasteiger partial charge < -0.3 is 14.8 Å². The number of rotatable bonds is 6. The van der Waals surface area contributed by atoms with Crippen LogP contribution in [0.2, 0.25) is 0 Å². The van der Waals surface area contributed by atoms with Crippen LogP contribution in [0.15, 0.2) is 48.5 Å². The zero-order valence-electron chi connectivity index (χ0n) is 15.7. The van der Waals surface area contributed by atoms with Gasteiger partial charge in [0.15, 0.2) is 11.5 Å². The fourth-order valence-electron chi connectivity index (χ4n) is 3.26. The Morgan fingerprint density at radius 3 is 2.46 bits per heavy atom. The molecule has 1 N–H and O–H groups in total. The number of amides is 1. The Bertz CT molecular complexity index is 755. The Morgan fingerprint density at radius 2 is 1.77 bits per heavy atom. The van der Waals surface area contributed by atoms with Crippen LogP contribution in [0.5, 0.6) is 11.5 Å². The largest absolute Gasteiger partial charge is 0.486 e. The van der Waals surface area contributed by atoms with Crippen molar-refractivity contribution in [3.05, 3.63) is 59.7 Å². The van der Waals surface area contributed by atoms with Crippen LogP contribution < -0.4 is 14.8 Å². The summed E-state index contributed by atoms with van der Waals surface area (Å²) in [7, 11) is 0. The van der Waals surface area contributed by atoms with Crippen LogP contribution in [0.4, 0.5) is 0 Å². The molecule has 0 fully saturated rings. The molecule has 2 aromatic rings. The van der Waals surface area contributed by atoms with Crippen molar-refractivity contribution in [1.29, 1.82) is 0 Å². The van der Waals surface area contributed by atoms with Gasteiger partial charge >= 0.3 is 0 Å². The average Bonchev–Trinajstić information content (AvgIpc) is 2.67. The number of carbonyl (C=O) groups is 1. The third-order valence-electron chi connectivity index (χ3n) is 4.95. The van der Waals surface area contributed by atoms with E-state index in [2.05, 4.69) is 19.2 Å². The first-order valence-electron chi connectivity index (χ1n) is 9.24. The van der Waals surface area contributed by atoms with E-state index in [1.165, 1.54) is 0 Å². The van der Waals surface area contributed by atoms with E-state index in [9.17, 15) is 4.79 Å². The van der Waals surface area contributed by atoms with E-state index >= 15 is 0 Å². The SMILES string of the molecule is CCC(C(=O)NCC(C)(C)c1ccc2c(c1)OCCO2)c1ccccc1. The molecule has 138 valence electrons. The Balaban J connectivity index is 1.68. The third-order valence-corrected chi connectivity index (χ3v) is 4.95. The van der Waals surface area contributed by atoms with E-state index in [4.69, 9.17) is 9.47 Å². The smallest absolute Gasteiger partial charge is 0.227 e. The van der Waals surface area contributed by atoms with Gasteiger partial charge in [-0.2, -0.15) is 0 Å². The lowest BCUT2D eigenvalue weighted by Crippen LogP contribution is -2.39. The van der Waals surface area contributed by atoms with Crippen molar-refractivity contribution in [3.63, 3.8) is 0 Å². The van der Waals surface area contributed by atoms with Gasteiger partial charge in [-0.3, -0.25) is 4.79 Å². The van der Waals surface area contributed by atoms with E-state index in [0.29, 0.717) is 19.8 Å². The fraction of sp³-hybridized carbons (Fsp3) is 0.409. The minimum absolute atomic E-state index is 0.0734. The third kappa shape index (κ3) is 4.01. The number of hydrogen-bond donors (Lipinski definition) is 1. The quantitative estimate of drug-likeness (QED) is 0.852. The molecule has 1 unspecified atom stereocenters. The first-order chi connectivity index (χ1) is 12.5. The lowest BCUT2D eigenvalue weighted by atomic mass is 9.84. The molecule has 0 bridgehead atoms. The maximum atomic E-state index is 12.7. The van der Waals surface area contributed by atoms with E-state index in [1.54, 1.807) is 0 Å². The van der Waals surface area contributed by atoms with Gasteiger partial charge in [-0.1, -0.05) is 57.2 Å². The van der Waals surface area contributed by atoms with E-state index in [-0.39, 0.29) is 17.2 Å². The summed E-state index contributed by atoms with van der Waals surface area (Å²) in [6.07, 6.45) is 0.778. The number of nitrogens with one attached hydrogen (secondary N) is 1. The Labute approximate surface area is 155 Å². The Hall–Kier alpha value is -2.49. The predicted octanol–water partition coefficient (Wildman–Crippen LogP) is 4.05. The van der Waals surface area contributed by atoms with Crippen LogP contribution in [0.25, 0.3) is 0 Å². The summed E-state index contributed by atoms with van der Waals surface area (Å²) >= 11 is 0. The molecule has 0 aromatic heterocycles. The van der Waals surface area contributed by atoms with Gasteiger partial charge in [0.2, 0.25) is 5.91 Å². The highest BCUT2D eigenvalue weighted by Crippen LogP contribution is 2.35. The van der Waals surface area contributed by atoms with Crippen LogP contribution in [-0.2, 0) is 10.2 Å². The monoisotopic (exact) mass is 353 g/mol. The molecule has 1 atom stereocenters. The van der Waals surface area contributed by atoms with Gasteiger partial charge in [0.1, 0.15) is 13.2 Å². The number of carbonyl (C=O) groups excluding carboxylic acids is 1. The van der Waals surface area contributed by atoms with E-state index < -0.39 is 0 Å². The zero-order chi connectivity index (χ0) is 18.6. The van der Waals surface area contributed by atoms with Gasteiger partial charge in [0, 0.05) is 12.0 Å². The molecule has 26 heavy (non-hydrogen) atoms. The number of ether oxygens (including phenoxy) is 2. The number of benzene rings is 2. The van der Waals surface area contributed by atoms with Crippen LogP contribution in [0, 0.1) is 0 Å². The summed E-state index contributed by atoms with van der Waals surface area (Å²) in [5.74, 6) is 1.52. The van der Waals surface area contributed by atoms with Crippen LogP contribution in [0.3, 0.4) is 0 Å². The average molecular weight is 353 g/mol. The molecule has 4 nitrogen and oxygen atoms in total. The topological polar surface area (TPSA) is 47.6 Å². The molecule has 4 heteroatoms. The van der Waals surface area contributed by atoms with Crippen molar-refractivity contribution < 1.29 is 14.3 Å². The van der Waals surface area contributed by atoms with Crippen LogP contribution in [-0.4, -0.2) is 25.7 Å². The fourth-order valence-corrected chi connectivity index (χ4v) is 3.26. The molecule has 2 aromatic carbocycles. The van der Waals surface area contributed by atoms with Crippen molar-refractivity contribution in [2.24, 2.45) is 0 Å². The summed E-state index contributed by atoms with van der Waals surface area (Å²) in [5.41, 5.74) is 1.97. The van der Waals surface area contributed by atoms with Crippen molar-refractivity contribution in [2.75, 3.05) is 19.8 Å². The van der Waals surface area contributed by atoms with Crippen LogP contribution in [0.1, 0.15) is 44.2 Å². The van der Waals surface area contributed by atoms with Crippen LogP contribution >= 0.6 is 0 Å². The van der Waals surface area contributed by atoms with Gasteiger partial charge in [-0.15, -0.1) is 0 Å². The van der Waals surface area contributed by atoms with E-state index in [0.717, 1.165) is 29.0 Å². The maximum Gasteiger partial charge on any atom is 0.227 e. The van der Waals surface area contributed by atoms with Gasteiger partial charge in [-0.25, -0.2) is 0 Å². The maximum absolute atomic E-state index is 12.7. The van der Waals surface area contributed by atoms with Crippen molar-refractivity contribution in [3.8, 4) is 11.5 Å². The standard InChI is InChI=1S/C22H27NO3/c1-4-18(16-8-6-5-7-9-16)21(24)23-15-22(2,3)17-10-11-19-20(14-17)26-13-12-25-19/h5-11,14,18H,4,12-13,15H2,1-3H3,(H,23,24). The molecular weight excluding hydrogens is 326 g/mol. The summed E-state index contributed by atoms with van der Waals surface area (Å²) in [6, 6.07) is 16.0. The van der Waals surface area contributed by atoms with Crippen molar-refractivity contribution in [2.45, 2.75) is 38.5 Å². The van der Waals surface area contributed by atoms with Gasteiger partial charge in [-0.05, 0) is 29.7 Å². The Morgan fingerprint density at radius 1 is 1.08 bits per heavy atom. The lowest BCUT2D eigenvalue weighted by molar-refractivity contribution is -0.122. The van der Waals surface area contributed by atoms with Crippen molar-refractivity contribution in [1.82, 2.24) is 5.32 Å². The first-order valence-corrected chi connectivity index (χ1v) is 9.24. The summed E-state index contributed by atoms with van der Waals surface area (Å²) in [4.78, 5) is 12.7. The molecule has 0 saturated heterocycles. The highest BCUT2D eigenvalue weighted by Gasteiger charge is 2.26. The normalized spacial score (nSPS) is 14.6. The minimum Gasteiger partial charge on any atom is -0.486 e. The Kier molecular flexibility index (Phi) is 5.50. The van der Waals surface area contributed by atoms with Gasteiger partial charge in [0.25, 0.3) is 0 Å². The molecule has 0 saturated carbocycles. The summed E-state index contributed by atoms with van der Waals surface area (Å²) in [5, 5.41) is 3.14. The summed E-state index contributed by atoms with van der Waals surface area (Å²) in [6.45, 7) is 8.02. The predicted molar refractivity (Wildman–Crippen MR) is 103 cm³/mol. The minimum atomic E-state index is -0.208. The first kappa shape index (κ1) is 18.3. The highest BCUT2D eigenvalue weighted by molar-refractivity contribution is 5.83. The van der Waals surface area contributed by atoms with Gasteiger partial charge in [0.05, 0.1) is 5.92 Å².